The molecule has 2 atom stereocenters. The van der Waals surface area contributed by atoms with E-state index in [-0.39, 0.29) is 5.92 Å². The second-order valence-electron chi connectivity index (χ2n) is 10.4. The van der Waals surface area contributed by atoms with Gasteiger partial charge in [0.1, 0.15) is 11.8 Å². The van der Waals surface area contributed by atoms with Crippen LogP contribution in [0.15, 0.2) is 67.5 Å². The van der Waals surface area contributed by atoms with Crippen LogP contribution in [0.1, 0.15) is 36.9 Å². The van der Waals surface area contributed by atoms with Gasteiger partial charge in [-0.3, -0.25) is 9.97 Å². The summed E-state index contributed by atoms with van der Waals surface area (Å²) < 4.78 is 29.6. The van der Waals surface area contributed by atoms with Gasteiger partial charge >= 0.3 is 0 Å². The summed E-state index contributed by atoms with van der Waals surface area (Å²) in [5.41, 5.74) is 17.4. The molecule has 4 N–H and O–H groups in total. The van der Waals surface area contributed by atoms with E-state index in [0.29, 0.717) is 41.3 Å². The fourth-order valence-corrected chi connectivity index (χ4v) is 5.51. The molecule has 0 amide bonds. The number of anilines is 2. The summed E-state index contributed by atoms with van der Waals surface area (Å²) in [6.07, 6.45) is 8.41. The third kappa shape index (κ3) is 4.73. The van der Waals surface area contributed by atoms with Crippen LogP contribution in [0.25, 0.3) is 22.4 Å². The van der Waals surface area contributed by atoms with E-state index < -0.39 is 17.2 Å². The van der Waals surface area contributed by atoms with Crippen LogP contribution < -0.4 is 16.4 Å². The topological polar surface area (TPSA) is 125 Å². The Hall–Kier alpha value is -4.51. The molecule has 11 heteroatoms. The largest absolute Gasteiger partial charge is 0.382 e. The van der Waals surface area contributed by atoms with E-state index in [1.54, 1.807) is 18.7 Å². The molecule has 0 saturated carbocycles. The molecule has 40 heavy (non-hydrogen) atoms. The first-order valence-electron chi connectivity index (χ1n) is 13.1. The van der Waals surface area contributed by atoms with Gasteiger partial charge in [-0.1, -0.05) is 13.0 Å². The molecule has 0 bridgehead atoms. The van der Waals surface area contributed by atoms with Crippen molar-refractivity contribution >= 4 is 22.7 Å². The molecule has 0 radical (unpaired) electrons. The van der Waals surface area contributed by atoms with E-state index in [0.717, 1.165) is 48.5 Å². The molecular weight excluding hydrogens is 512 g/mol. The second kappa shape index (κ2) is 10.2. The predicted octanol–water partition coefficient (Wildman–Crippen LogP) is 4.29. The van der Waals surface area contributed by atoms with Crippen molar-refractivity contribution in [3.63, 3.8) is 0 Å². The quantitative estimate of drug-likeness (QED) is 0.326. The van der Waals surface area contributed by atoms with Crippen LogP contribution in [0, 0.1) is 11.6 Å². The summed E-state index contributed by atoms with van der Waals surface area (Å²) in [4.78, 5) is 24.3. The van der Waals surface area contributed by atoms with Gasteiger partial charge in [0.2, 0.25) is 0 Å². The van der Waals surface area contributed by atoms with Crippen molar-refractivity contribution in [3.8, 4) is 11.3 Å². The Kier molecular flexibility index (Phi) is 6.59. The minimum absolute atomic E-state index is 0.0339. The van der Waals surface area contributed by atoms with Crippen LogP contribution in [0.2, 0.25) is 0 Å². The minimum Gasteiger partial charge on any atom is -0.382 e. The highest BCUT2D eigenvalue weighted by atomic mass is 19.2. The molecule has 4 aromatic heterocycles. The van der Waals surface area contributed by atoms with Gasteiger partial charge in [0, 0.05) is 42.0 Å². The molecule has 0 spiro atoms. The predicted molar refractivity (Wildman–Crippen MR) is 149 cm³/mol. The Labute approximate surface area is 229 Å². The molecule has 9 nitrogen and oxygen atoms in total. The van der Waals surface area contributed by atoms with E-state index in [1.807, 2.05) is 28.8 Å². The number of imidazole rings is 1. The Morgan fingerprint density at radius 1 is 1.02 bits per heavy atom. The number of rotatable bonds is 6. The maximum absolute atomic E-state index is 14.1. The van der Waals surface area contributed by atoms with Gasteiger partial charge in [0.05, 0.1) is 30.5 Å². The minimum atomic E-state index is -0.926. The van der Waals surface area contributed by atoms with Gasteiger partial charge in [0.15, 0.2) is 23.1 Å². The highest BCUT2D eigenvalue weighted by Crippen LogP contribution is 2.36. The number of hydrogen-bond acceptors (Lipinski definition) is 8. The standard InChI is InChI=1S/C29H29F2N9/c1-18(23-5-2-3-9-34-23)29(33)8-4-10-39(15-29)25-13-35-24(19-6-7-21(30)22(31)11-19)12-20(25)14-40-17-38-26-27(32)36-16-37-28(26)40/h2-3,5-7,9,11-13,16-18H,4,8,10,14-15,33H2,1H3,(H2,32,36,37)/t18-,29-/m1/s1. The van der Waals surface area contributed by atoms with Crippen LogP contribution in [-0.2, 0) is 6.54 Å². The molecule has 0 unspecified atom stereocenters. The zero-order chi connectivity index (χ0) is 27.9. The highest BCUT2D eigenvalue weighted by molar-refractivity contribution is 5.81. The average Bonchev–Trinajstić information content (AvgIpc) is 3.38. The Bertz CT molecular complexity index is 1670. The van der Waals surface area contributed by atoms with Gasteiger partial charge in [0.25, 0.3) is 0 Å². The highest BCUT2D eigenvalue weighted by Gasteiger charge is 2.38. The number of halogens is 2. The van der Waals surface area contributed by atoms with Crippen LogP contribution >= 0.6 is 0 Å². The summed E-state index contributed by atoms with van der Waals surface area (Å²) in [7, 11) is 0. The Morgan fingerprint density at radius 3 is 2.70 bits per heavy atom. The SMILES string of the molecule is C[C@H](c1ccccn1)[C@@]1(N)CCCN(c2cnc(-c3ccc(F)c(F)c3)cc2Cn2cnc3c(N)ncnc32)C1. The molecule has 5 heterocycles. The lowest BCUT2D eigenvalue weighted by molar-refractivity contribution is 0.294. The van der Waals surface area contributed by atoms with E-state index in [4.69, 9.17) is 11.5 Å². The number of hydrogen-bond donors (Lipinski definition) is 2. The van der Waals surface area contributed by atoms with E-state index in [9.17, 15) is 8.78 Å². The molecule has 0 aliphatic carbocycles. The zero-order valence-electron chi connectivity index (χ0n) is 22.0. The Balaban J connectivity index is 1.40. The number of aromatic nitrogens is 6. The number of nitrogen functional groups attached to an aromatic ring is 1. The van der Waals surface area contributed by atoms with Crippen LogP contribution in [0.4, 0.5) is 20.3 Å². The number of nitrogens with zero attached hydrogens (tertiary/aromatic N) is 7. The summed E-state index contributed by atoms with van der Waals surface area (Å²) in [6, 6.07) is 11.6. The van der Waals surface area contributed by atoms with Gasteiger partial charge < -0.3 is 20.9 Å². The first kappa shape index (κ1) is 25.8. The number of benzene rings is 1. The molecule has 6 rings (SSSR count). The third-order valence-electron chi connectivity index (χ3n) is 7.84. The molecule has 1 aromatic carbocycles. The fraction of sp³-hybridized carbons (Fsp3) is 0.276. The van der Waals surface area contributed by atoms with Crippen LogP contribution in [0.5, 0.6) is 0 Å². The maximum atomic E-state index is 14.1. The smallest absolute Gasteiger partial charge is 0.165 e. The van der Waals surface area contributed by atoms with Gasteiger partial charge in [-0.05, 0) is 54.8 Å². The molecule has 1 aliphatic heterocycles. The van der Waals surface area contributed by atoms with Crippen LogP contribution in [0.3, 0.4) is 0 Å². The fourth-order valence-electron chi connectivity index (χ4n) is 5.51. The van der Waals surface area contributed by atoms with Gasteiger partial charge in [-0.15, -0.1) is 0 Å². The monoisotopic (exact) mass is 541 g/mol. The van der Waals surface area contributed by atoms with Gasteiger partial charge in [-0.2, -0.15) is 0 Å². The van der Waals surface area contributed by atoms with Crippen molar-refractivity contribution in [1.29, 1.82) is 0 Å². The Morgan fingerprint density at radius 2 is 1.90 bits per heavy atom. The molecular formula is C29H29F2N9. The van der Waals surface area contributed by atoms with Crippen molar-refractivity contribution < 1.29 is 8.78 Å². The number of fused-ring (bicyclic) bond motifs is 1. The molecule has 204 valence electrons. The van der Waals surface area contributed by atoms with E-state index >= 15 is 0 Å². The van der Waals surface area contributed by atoms with Crippen molar-refractivity contribution in [2.75, 3.05) is 23.7 Å². The lowest BCUT2D eigenvalue weighted by atomic mass is 9.77. The zero-order valence-corrected chi connectivity index (χ0v) is 22.0. The lowest BCUT2D eigenvalue weighted by Gasteiger charge is -2.45. The van der Waals surface area contributed by atoms with Crippen molar-refractivity contribution in [1.82, 2.24) is 29.5 Å². The van der Waals surface area contributed by atoms with Crippen molar-refractivity contribution in [2.24, 2.45) is 5.73 Å². The molecule has 1 fully saturated rings. The van der Waals surface area contributed by atoms with Gasteiger partial charge in [-0.25, -0.2) is 23.7 Å². The molecule has 1 aliphatic rings. The summed E-state index contributed by atoms with van der Waals surface area (Å²) >= 11 is 0. The third-order valence-corrected chi connectivity index (χ3v) is 7.84. The normalized spacial score (nSPS) is 18.2. The second-order valence-corrected chi connectivity index (χ2v) is 10.4. The lowest BCUT2D eigenvalue weighted by Crippen LogP contribution is -2.57. The molecule has 5 aromatic rings. The van der Waals surface area contributed by atoms with Crippen molar-refractivity contribution in [2.45, 2.75) is 37.8 Å². The summed E-state index contributed by atoms with van der Waals surface area (Å²) in [5.74, 6) is -1.50. The summed E-state index contributed by atoms with van der Waals surface area (Å²) in [5, 5.41) is 0. The number of pyridine rings is 2. The number of nitrogens with two attached hydrogens (primary N) is 2. The average molecular weight is 542 g/mol. The van der Waals surface area contributed by atoms with E-state index in [2.05, 4.69) is 36.7 Å². The van der Waals surface area contributed by atoms with Crippen molar-refractivity contribution in [3.05, 3.63) is 90.4 Å². The number of piperidine rings is 1. The first-order valence-corrected chi connectivity index (χ1v) is 13.1. The molecule has 1 saturated heterocycles. The summed E-state index contributed by atoms with van der Waals surface area (Å²) in [6.45, 7) is 3.92. The first-order chi connectivity index (χ1) is 19.3. The van der Waals surface area contributed by atoms with E-state index in [1.165, 1.54) is 12.4 Å². The van der Waals surface area contributed by atoms with Crippen LogP contribution in [-0.4, -0.2) is 48.1 Å². The maximum Gasteiger partial charge on any atom is 0.165 e.